The van der Waals surface area contributed by atoms with Crippen LogP contribution in [-0.4, -0.2) is 12.6 Å². The van der Waals surface area contributed by atoms with Crippen molar-refractivity contribution < 1.29 is 0 Å². The van der Waals surface area contributed by atoms with E-state index in [1.54, 1.807) is 0 Å². The van der Waals surface area contributed by atoms with Crippen LogP contribution in [-0.2, 0) is 0 Å². The first kappa shape index (κ1) is 3.90. The maximum Gasteiger partial charge on any atom is 0.00703 e. The van der Waals surface area contributed by atoms with Gasteiger partial charge in [0.2, 0.25) is 0 Å². The molecule has 0 unspecified atom stereocenters. The molecule has 2 rings (SSSR count). The minimum Gasteiger partial charge on any atom is -0.314 e. The molecule has 1 nitrogen and oxygen atoms in total. The van der Waals surface area contributed by atoms with E-state index in [4.69, 9.17) is 0 Å². The molecule has 0 spiro atoms. The quantitative estimate of drug-likeness (QED) is 0.467. The van der Waals surface area contributed by atoms with Crippen LogP contribution in [0.4, 0.5) is 0 Å². The average molecular weight is 97.2 g/mol. The van der Waals surface area contributed by atoms with Gasteiger partial charge in [-0.3, -0.25) is 0 Å². The molecule has 1 aliphatic carbocycles. The molecule has 3 atom stereocenters. The third kappa shape index (κ3) is 0.418. The van der Waals surface area contributed by atoms with Gasteiger partial charge in [0.1, 0.15) is 0 Å². The van der Waals surface area contributed by atoms with Crippen molar-refractivity contribution in [2.24, 2.45) is 11.8 Å². The number of nitrogens with one attached hydrogen (secondary N) is 1. The number of hydrogen-bond acceptors (Lipinski definition) is 1. The summed E-state index contributed by atoms with van der Waals surface area (Å²) in [6.07, 6.45) is 1.51. The van der Waals surface area contributed by atoms with Crippen LogP contribution in [0.1, 0.15) is 13.3 Å². The molecule has 2 fully saturated rings. The Morgan fingerprint density at radius 3 is 2.57 bits per heavy atom. The van der Waals surface area contributed by atoms with Gasteiger partial charge in [-0.15, -0.1) is 0 Å². The molecule has 40 valence electrons. The van der Waals surface area contributed by atoms with E-state index in [0.29, 0.717) is 0 Å². The zero-order chi connectivity index (χ0) is 4.85. The highest BCUT2D eigenvalue weighted by atomic mass is 15.0. The fourth-order valence-electron chi connectivity index (χ4n) is 1.61. The van der Waals surface area contributed by atoms with Crippen LogP contribution in [0.2, 0.25) is 0 Å². The van der Waals surface area contributed by atoms with Gasteiger partial charge in [0, 0.05) is 6.04 Å². The summed E-state index contributed by atoms with van der Waals surface area (Å²) in [6, 6.07) is 0.838. The Kier molecular flexibility index (Phi) is 0.571. The number of fused-ring (bicyclic) bond motifs is 1. The average Bonchev–Trinajstić information content (AvgIpc) is 2.33. The van der Waals surface area contributed by atoms with Crippen LogP contribution in [0.25, 0.3) is 0 Å². The van der Waals surface area contributed by atoms with Gasteiger partial charge in [0.25, 0.3) is 0 Å². The second kappa shape index (κ2) is 1.03. The number of piperidine rings is 1. The Hall–Kier alpha value is -0.0400. The van der Waals surface area contributed by atoms with Crippen molar-refractivity contribution in [1.82, 2.24) is 5.32 Å². The van der Waals surface area contributed by atoms with Crippen LogP contribution >= 0.6 is 0 Å². The summed E-state index contributed by atoms with van der Waals surface area (Å²) in [7, 11) is 0. The van der Waals surface area contributed by atoms with Crippen LogP contribution in [0, 0.1) is 11.8 Å². The molecule has 2 aliphatic rings. The lowest BCUT2D eigenvalue weighted by molar-refractivity contribution is 0.579. The molecule has 0 bridgehead atoms. The van der Waals surface area contributed by atoms with Gasteiger partial charge < -0.3 is 5.32 Å². The second-order valence-electron chi connectivity index (χ2n) is 2.86. The second-order valence-corrected chi connectivity index (χ2v) is 2.86. The Morgan fingerprint density at radius 1 is 1.57 bits per heavy atom. The Labute approximate surface area is 44.1 Å². The lowest BCUT2D eigenvalue weighted by Crippen LogP contribution is -2.21. The van der Waals surface area contributed by atoms with Crippen molar-refractivity contribution in [3.05, 3.63) is 0 Å². The van der Waals surface area contributed by atoms with E-state index >= 15 is 0 Å². The molecule has 1 heteroatoms. The third-order valence-corrected chi connectivity index (χ3v) is 2.32. The first-order valence-corrected chi connectivity index (χ1v) is 3.11. The van der Waals surface area contributed by atoms with Crippen molar-refractivity contribution in [2.75, 3.05) is 6.54 Å². The Morgan fingerprint density at radius 2 is 2.43 bits per heavy atom. The highest BCUT2D eigenvalue weighted by molar-refractivity contribution is 5.00. The topological polar surface area (TPSA) is 12.0 Å². The van der Waals surface area contributed by atoms with Crippen LogP contribution < -0.4 is 5.32 Å². The molecule has 0 radical (unpaired) electrons. The first-order valence-electron chi connectivity index (χ1n) is 3.11. The Bertz CT molecular complexity index is 90.2. The maximum atomic E-state index is 3.42. The summed E-state index contributed by atoms with van der Waals surface area (Å²) >= 11 is 0. The highest BCUT2D eigenvalue weighted by Gasteiger charge is 2.45. The summed E-state index contributed by atoms with van der Waals surface area (Å²) in [5.74, 6) is 2.15. The summed E-state index contributed by atoms with van der Waals surface area (Å²) in [6.45, 7) is 3.59. The minimum atomic E-state index is 0.838. The normalized spacial score (nSPS) is 57.0. The molecular formula is C6H11N. The molecule has 1 N–H and O–H groups in total. The van der Waals surface area contributed by atoms with Crippen molar-refractivity contribution in [3.8, 4) is 0 Å². The zero-order valence-electron chi connectivity index (χ0n) is 4.65. The first-order chi connectivity index (χ1) is 3.38. The molecule has 0 amide bonds. The third-order valence-electron chi connectivity index (χ3n) is 2.32. The standard InChI is InChI=1S/C6H11N/c1-4-6-2-5(6)3-7-4/h4-7H,2-3H2,1H3/t4-,5-,6+/m1/s1. The van der Waals surface area contributed by atoms with Crippen LogP contribution in [0.5, 0.6) is 0 Å². The van der Waals surface area contributed by atoms with E-state index in [0.717, 1.165) is 17.9 Å². The van der Waals surface area contributed by atoms with Gasteiger partial charge in [0.05, 0.1) is 0 Å². The van der Waals surface area contributed by atoms with Crippen LogP contribution in [0.3, 0.4) is 0 Å². The molecular weight excluding hydrogens is 86.1 g/mol. The highest BCUT2D eigenvalue weighted by Crippen LogP contribution is 2.44. The lowest BCUT2D eigenvalue weighted by Gasteiger charge is -2.01. The molecule has 1 saturated carbocycles. The largest absolute Gasteiger partial charge is 0.314 e. The monoisotopic (exact) mass is 97.1 g/mol. The fraction of sp³-hybridized carbons (Fsp3) is 1.00. The predicted molar refractivity (Wildman–Crippen MR) is 29.1 cm³/mol. The van der Waals surface area contributed by atoms with E-state index in [1.807, 2.05) is 0 Å². The SMILES string of the molecule is C[C@H]1NC[C@H]2C[C@H]21. The number of rotatable bonds is 0. The maximum absolute atomic E-state index is 3.42. The van der Waals surface area contributed by atoms with Crippen molar-refractivity contribution in [2.45, 2.75) is 19.4 Å². The van der Waals surface area contributed by atoms with Gasteiger partial charge in [-0.2, -0.15) is 0 Å². The molecule has 7 heavy (non-hydrogen) atoms. The number of hydrogen-bond donors (Lipinski definition) is 1. The minimum absolute atomic E-state index is 0.838. The molecule has 0 aromatic carbocycles. The summed E-state index contributed by atoms with van der Waals surface area (Å²) in [5, 5.41) is 3.42. The van der Waals surface area contributed by atoms with Gasteiger partial charge in [-0.05, 0) is 31.7 Å². The van der Waals surface area contributed by atoms with Gasteiger partial charge >= 0.3 is 0 Å². The zero-order valence-corrected chi connectivity index (χ0v) is 4.65. The molecule has 1 saturated heterocycles. The Balaban J connectivity index is 2.08. The van der Waals surface area contributed by atoms with E-state index < -0.39 is 0 Å². The summed E-state index contributed by atoms with van der Waals surface area (Å²) in [5.41, 5.74) is 0. The van der Waals surface area contributed by atoms with Crippen molar-refractivity contribution in [3.63, 3.8) is 0 Å². The molecule has 1 heterocycles. The van der Waals surface area contributed by atoms with Gasteiger partial charge in [-0.1, -0.05) is 0 Å². The van der Waals surface area contributed by atoms with E-state index in [-0.39, 0.29) is 0 Å². The summed E-state index contributed by atoms with van der Waals surface area (Å²) in [4.78, 5) is 0. The van der Waals surface area contributed by atoms with E-state index in [1.165, 1.54) is 13.0 Å². The lowest BCUT2D eigenvalue weighted by atomic mass is 10.2. The van der Waals surface area contributed by atoms with E-state index in [2.05, 4.69) is 12.2 Å². The molecule has 0 aromatic rings. The van der Waals surface area contributed by atoms with Gasteiger partial charge in [-0.25, -0.2) is 0 Å². The van der Waals surface area contributed by atoms with Crippen LogP contribution in [0.15, 0.2) is 0 Å². The summed E-state index contributed by atoms with van der Waals surface area (Å²) < 4.78 is 0. The molecule has 1 aliphatic heterocycles. The predicted octanol–water partition coefficient (Wildman–Crippen LogP) is 0.614. The molecule has 0 aromatic heterocycles. The van der Waals surface area contributed by atoms with Gasteiger partial charge in [0.15, 0.2) is 0 Å². The van der Waals surface area contributed by atoms with Crippen molar-refractivity contribution >= 4 is 0 Å². The van der Waals surface area contributed by atoms with E-state index in [9.17, 15) is 0 Å². The van der Waals surface area contributed by atoms with Crippen molar-refractivity contribution in [1.29, 1.82) is 0 Å². The fourth-order valence-corrected chi connectivity index (χ4v) is 1.61. The smallest absolute Gasteiger partial charge is 0.00703 e.